The van der Waals surface area contributed by atoms with Gasteiger partial charge < -0.3 is 14.6 Å². The number of imidazole rings is 1. The van der Waals surface area contributed by atoms with E-state index in [4.69, 9.17) is 4.74 Å². The van der Waals surface area contributed by atoms with E-state index in [2.05, 4.69) is 10.3 Å². The van der Waals surface area contributed by atoms with E-state index < -0.39 is 5.97 Å². The molecule has 0 aliphatic heterocycles. The van der Waals surface area contributed by atoms with Crippen molar-refractivity contribution in [3.8, 4) is 0 Å². The number of hydrogen-bond donors (Lipinski definition) is 1. The number of carbonyl (C=O) groups is 2. The highest BCUT2D eigenvalue weighted by atomic mass is 16.5. The number of hydrogen-bond acceptors (Lipinski definition) is 4. The second kappa shape index (κ2) is 7.39. The number of esters is 1. The van der Waals surface area contributed by atoms with Crippen molar-refractivity contribution in [3.05, 3.63) is 59.4 Å². The lowest BCUT2D eigenvalue weighted by Gasteiger charge is -2.12. The zero-order valence-electron chi connectivity index (χ0n) is 15.1. The van der Waals surface area contributed by atoms with Crippen molar-refractivity contribution in [1.29, 1.82) is 0 Å². The van der Waals surface area contributed by atoms with Crippen LogP contribution in [0, 0.1) is 20.8 Å². The summed E-state index contributed by atoms with van der Waals surface area (Å²) in [6.45, 7) is 5.37. The summed E-state index contributed by atoms with van der Waals surface area (Å²) in [7, 11) is 0. The molecule has 1 N–H and O–H groups in total. The van der Waals surface area contributed by atoms with Gasteiger partial charge >= 0.3 is 5.97 Å². The van der Waals surface area contributed by atoms with Crippen molar-refractivity contribution in [2.75, 3.05) is 11.9 Å². The van der Waals surface area contributed by atoms with Crippen LogP contribution in [0.2, 0.25) is 0 Å². The zero-order chi connectivity index (χ0) is 18.7. The number of aryl methyl sites for hydroxylation is 3. The predicted molar refractivity (Wildman–Crippen MR) is 100.0 cm³/mol. The Morgan fingerprint density at radius 2 is 1.73 bits per heavy atom. The summed E-state index contributed by atoms with van der Waals surface area (Å²) in [5.74, 6) is -0.112. The van der Waals surface area contributed by atoms with Gasteiger partial charge in [0.15, 0.2) is 6.61 Å². The molecule has 0 atom stereocenters. The van der Waals surface area contributed by atoms with Gasteiger partial charge in [-0.1, -0.05) is 30.3 Å². The Bertz CT molecular complexity index is 955. The number of nitrogens with zero attached hydrogens (tertiary/aromatic N) is 2. The summed E-state index contributed by atoms with van der Waals surface area (Å²) in [4.78, 5) is 28.7. The minimum atomic E-state index is -0.479. The van der Waals surface area contributed by atoms with E-state index in [0.717, 1.165) is 33.7 Å². The molecule has 0 bridgehead atoms. The molecule has 1 heterocycles. The van der Waals surface area contributed by atoms with Gasteiger partial charge in [-0.05, 0) is 44.0 Å². The summed E-state index contributed by atoms with van der Waals surface area (Å²) in [5, 5.41) is 2.80. The molecule has 0 spiro atoms. The van der Waals surface area contributed by atoms with Gasteiger partial charge in [-0.15, -0.1) is 0 Å². The molecule has 0 radical (unpaired) electrons. The lowest BCUT2D eigenvalue weighted by molar-refractivity contribution is -0.147. The molecule has 0 saturated heterocycles. The van der Waals surface area contributed by atoms with Crippen LogP contribution < -0.4 is 5.32 Å². The van der Waals surface area contributed by atoms with Crippen LogP contribution in [-0.2, 0) is 20.9 Å². The molecule has 0 aliphatic carbocycles. The maximum absolute atomic E-state index is 12.1. The number of aromatic nitrogens is 2. The topological polar surface area (TPSA) is 73.2 Å². The average molecular weight is 351 g/mol. The highest BCUT2D eigenvalue weighted by molar-refractivity contribution is 5.94. The first-order chi connectivity index (χ1) is 12.5. The first-order valence-electron chi connectivity index (χ1n) is 8.39. The Balaban J connectivity index is 1.60. The smallest absolute Gasteiger partial charge is 0.326 e. The van der Waals surface area contributed by atoms with Crippen molar-refractivity contribution in [1.82, 2.24) is 9.55 Å². The molecule has 6 heteroatoms. The van der Waals surface area contributed by atoms with Crippen LogP contribution in [0.3, 0.4) is 0 Å². The number of fused-ring (bicyclic) bond motifs is 1. The van der Waals surface area contributed by atoms with E-state index in [1.807, 2.05) is 63.2 Å². The van der Waals surface area contributed by atoms with Gasteiger partial charge in [0.1, 0.15) is 12.4 Å². The molecule has 26 heavy (non-hydrogen) atoms. The van der Waals surface area contributed by atoms with Crippen LogP contribution in [0.15, 0.2) is 42.5 Å². The van der Waals surface area contributed by atoms with Gasteiger partial charge in [-0.25, -0.2) is 4.98 Å². The van der Waals surface area contributed by atoms with Crippen LogP contribution in [0.4, 0.5) is 5.69 Å². The normalized spacial score (nSPS) is 10.7. The number of amides is 1. The lowest BCUT2D eigenvalue weighted by atomic mass is 10.1. The van der Waals surface area contributed by atoms with E-state index in [1.54, 1.807) is 4.57 Å². The molecule has 0 saturated carbocycles. The number of para-hydroxylation sites is 3. The quantitative estimate of drug-likeness (QED) is 0.717. The molecule has 3 aromatic rings. The molecule has 134 valence electrons. The first-order valence-corrected chi connectivity index (χ1v) is 8.39. The Morgan fingerprint density at radius 1 is 1.04 bits per heavy atom. The molecule has 0 fully saturated rings. The fraction of sp³-hybridized carbons (Fsp3) is 0.250. The van der Waals surface area contributed by atoms with Crippen molar-refractivity contribution < 1.29 is 14.3 Å². The summed E-state index contributed by atoms with van der Waals surface area (Å²) in [6, 6.07) is 13.3. The monoisotopic (exact) mass is 351 g/mol. The van der Waals surface area contributed by atoms with Crippen molar-refractivity contribution >= 4 is 28.6 Å². The molecule has 1 aromatic heterocycles. The number of anilines is 1. The third-order valence-corrected chi connectivity index (χ3v) is 4.24. The van der Waals surface area contributed by atoms with Gasteiger partial charge in [-0.2, -0.15) is 0 Å². The Labute approximate surface area is 151 Å². The number of ether oxygens (including phenoxy) is 1. The Kier molecular flexibility index (Phi) is 5.02. The van der Waals surface area contributed by atoms with E-state index in [1.165, 1.54) is 0 Å². The number of benzene rings is 2. The summed E-state index contributed by atoms with van der Waals surface area (Å²) in [6.07, 6.45) is 0. The highest BCUT2D eigenvalue weighted by Crippen LogP contribution is 2.19. The third kappa shape index (κ3) is 3.74. The summed E-state index contributed by atoms with van der Waals surface area (Å²) < 4.78 is 6.91. The molecule has 2 aromatic carbocycles. The molecule has 1 amide bonds. The molecule has 0 unspecified atom stereocenters. The summed E-state index contributed by atoms with van der Waals surface area (Å²) >= 11 is 0. The van der Waals surface area contributed by atoms with Gasteiger partial charge in [0.25, 0.3) is 5.91 Å². The minimum Gasteiger partial charge on any atom is -0.454 e. The van der Waals surface area contributed by atoms with Gasteiger partial charge in [0.05, 0.1) is 11.0 Å². The molecular formula is C20H21N3O3. The standard InChI is InChI=1S/C20H21N3O3/c1-13-7-6-8-14(2)20(13)22-18(24)12-26-19(25)11-23-15(3)21-16-9-4-5-10-17(16)23/h4-10H,11-12H2,1-3H3,(H,22,24). The number of carbonyl (C=O) groups excluding carboxylic acids is 2. The molecule has 6 nitrogen and oxygen atoms in total. The van der Waals surface area contributed by atoms with Crippen molar-refractivity contribution in [3.63, 3.8) is 0 Å². The number of nitrogens with one attached hydrogen (secondary N) is 1. The zero-order valence-corrected chi connectivity index (χ0v) is 15.1. The van der Waals surface area contributed by atoms with Crippen LogP contribution in [-0.4, -0.2) is 28.0 Å². The van der Waals surface area contributed by atoms with Gasteiger partial charge in [0, 0.05) is 5.69 Å². The molecule has 0 aliphatic rings. The average Bonchev–Trinajstić information content (AvgIpc) is 2.92. The van der Waals surface area contributed by atoms with Crippen molar-refractivity contribution in [2.24, 2.45) is 0 Å². The first kappa shape index (κ1) is 17.7. The van der Waals surface area contributed by atoms with Crippen LogP contribution in [0.5, 0.6) is 0 Å². The van der Waals surface area contributed by atoms with E-state index in [-0.39, 0.29) is 19.1 Å². The van der Waals surface area contributed by atoms with E-state index >= 15 is 0 Å². The van der Waals surface area contributed by atoms with Crippen LogP contribution in [0.25, 0.3) is 11.0 Å². The Hall–Kier alpha value is -3.15. The summed E-state index contributed by atoms with van der Waals surface area (Å²) in [5.41, 5.74) is 4.37. The number of rotatable bonds is 5. The maximum Gasteiger partial charge on any atom is 0.326 e. The van der Waals surface area contributed by atoms with E-state index in [9.17, 15) is 9.59 Å². The molecule has 3 rings (SSSR count). The van der Waals surface area contributed by atoms with Crippen LogP contribution in [0.1, 0.15) is 17.0 Å². The maximum atomic E-state index is 12.1. The van der Waals surface area contributed by atoms with E-state index in [0.29, 0.717) is 0 Å². The second-order valence-corrected chi connectivity index (χ2v) is 6.21. The molecular weight excluding hydrogens is 330 g/mol. The highest BCUT2D eigenvalue weighted by Gasteiger charge is 2.14. The fourth-order valence-corrected chi connectivity index (χ4v) is 2.90. The lowest BCUT2D eigenvalue weighted by Crippen LogP contribution is -2.23. The van der Waals surface area contributed by atoms with Gasteiger partial charge in [0.2, 0.25) is 0 Å². The van der Waals surface area contributed by atoms with Gasteiger partial charge in [-0.3, -0.25) is 9.59 Å². The Morgan fingerprint density at radius 3 is 2.46 bits per heavy atom. The SMILES string of the molecule is Cc1cccc(C)c1NC(=O)COC(=O)Cn1c(C)nc2ccccc21. The largest absolute Gasteiger partial charge is 0.454 e. The fourth-order valence-electron chi connectivity index (χ4n) is 2.90. The second-order valence-electron chi connectivity index (χ2n) is 6.21. The van der Waals surface area contributed by atoms with Crippen molar-refractivity contribution in [2.45, 2.75) is 27.3 Å². The minimum absolute atomic E-state index is 0.0169. The van der Waals surface area contributed by atoms with Crippen LogP contribution >= 0.6 is 0 Å². The predicted octanol–water partition coefficient (Wildman–Crippen LogP) is 3.14. The third-order valence-electron chi connectivity index (χ3n) is 4.24.